The Bertz CT molecular complexity index is 700. The molecule has 3 aromatic rings. The van der Waals surface area contributed by atoms with Gasteiger partial charge in [-0.1, -0.05) is 12.1 Å². The molecule has 0 saturated heterocycles. The summed E-state index contributed by atoms with van der Waals surface area (Å²) in [6.45, 7) is 0. The predicted octanol–water partition coefficient (Wildman–Crippen LogP) is 6.05. The Morgan fingerprint density at radius 2 is 1.75 bits per heavy atom. The van der Waals surface area contributed by atoms with Gasteiger partial charge in [-0.05, 0) is 47.4 Å². The molecule has 0 saturated carbocycles. The van der Waals surface area contributed by atoms with Crippen LogP contribution < -0.4 is 0 Å². The SMILES string of the molecule is N#CCCCc1cc(-c2cccs2)sc1-c1cccs1. The van der Waals surface area contributed by atoms with Gasteiger partial charge in [0.05, 0.1) is 6.07 Å². The van der Waals surface area contributed by atoms with E-state index in [1.165, 1.54) is 25.1 Å². The first-order valence-electron chi connectivity index (χ1n) is 6.46. The third-order valence-corrected chi connectivity index (χ3v) is 6.35. The van der Waals surface area contributed by atoms with Crippen molar-refractivity contribution in [2.45, 2.75) is 19.3 Å². The molecule has 0 fully saturated rings. The van der Waals surface area contributed by atoms with Crippen LogP contribution in [0.15, 0.2) is 41.1 Å². The Morgan fingerprint density at radius 1 is 1.00 bits per heavy atom. The van der Waals surface area contributed by atoms with E-state index in [1.54, 1.807) is 22.7 Å². The van der Waals surface area contributed by atoms with Crippen LogP contribution in [0.25, 0.3) is 19.5 Å². The fourth-order valence-electron chi connectivity index (χ4n) is 2.13. The smallest absolute Gasteiger partial charge is 0.0621 e. The van der Waals surface area contributed by atoms with Crippen molar-refractivity contribution in [3.8, 4) is 25.6 Å². The molecule has 0 aliphatic carbocycles. The summed E-state index contributed by atoms with van der Waals surface area (Å²) in [4.78, 5) is 5.39. The minimum Gasteiger partial charge on any atom is -0.198 e. The van der Waals surface area contributed by atoms with Crippen LogP contribution in [0.3, 0.4) is 0 Å². The number of hydrogen-bond donors (Lipinski definition) is 0. The third-order valence-electron chi connectivity index (χ3n) is 3.05. The maximum Gasteiger partial charge on any atom is 0.0621 e. The summed E-state index contributed by atoms with van der Waals surface area (Å²) < 4.78 is 0. The van der Waals surface area contributed by atoms with Crippen LogP contribution in [0.5, 0.6) is 0 Å². The Morgan fingerprint density at radius 3 is 2.40 bits per heavy atom. The zero-order chi connectivity index (χ0) is 13.8. The van der Waals surface area contributed by atoms with E-state index in [2.05, 4.69) is 47.2 Å². The highest BCUT2D eigenvalue weighted by molar-refractivity contribution is 7.26. The topological polar surface area (TPSA) is 23.8 Å². The summed E-state index contributed by atoms with van der Waals surface area (Å²) in [6, 6.07) is 13.1. The van der Waals surface area contributed by atoms with E-state index in [0.717, 1.165) is 12.8 Å². The molecule has 0 N–H and O–H groups in total. The van der Waals surface area contributed by atoms with E-state index < -0.39 is 0 Å². The van der Waals surface area contributed by atoms with Gasteiger partial charge in [0, 0.05) is 25.9 Å². The fraction of sp³-hybridized carbons (Fsp3) is 0.188. The number of unbranched alkanes of at least 4 members (excludes halogenated alkanes) is 1. The lowest BCUT2D eigenvalue weighted by Gasteiger charge is -1.99. The van der Waals surface area contributed by atoms with Gasteiger partial charge in [-0.15, -0.1) is 34.0 Å². The highest BCUT2D eigenvalue weighted by Gasteiger charge is 2.13. The van der Waals surface area contributed by atoms with Gasteiger partial charge in [-0.25, -0.2) is 0 Å². The average molecular weight is 315 g/mol. The molecule has 0 aromatic carbocycles. The quantitative estimate of drug-likeness (QED) is 0.526. The van der Waals surface area contributed by atoms with E-state index in [-0.39, 0.29) is 0 Å². The molecule has 0 aliphatic rings. The second kappa shape index (κ2) is 6.36. The van der Waals surface area contributed by atoms with Crippen LogP contribution in [0.1, 0.15) is 18.4 Å². The molecule has 0 aliphatic heterocycles. The Labute approximate surface area is 130 Å². The van der Waals surface area contributed by atoms with E-state index in [9.17, 15) is 0 Å². The molecular formula is C16H13NS3. The van der Waals surface area contributed by atoms with Gasteiger partial charge in [0.1, 0.15) is 0 Å². The number of aryl methyl sites for hydroxylation is 1. The van der Waals surface area contributed by atoms with Crippen LogP contribution in [0.2, 0.25) is 0 Å². The monoisotopic (exact) mass is 315 g/mol. The van der Waals surface area contributed by atoms with Crippen molar-refractivity contribution in [2.24, 2.45) is 0 Å². The normalized spacial score (nSPS) is 10.6. The molecule has 20 heavy (non-hydrogen) atoms. The molecule has 1 nitrogen and oxygen atoms in total. The largest absolute Gasteiger partial charge is 0.198 e. The summed E-state index contributed by atoms with van der Waals surface area (Å²) in [5, 5.41) is 13.0. The Kier molecular flexibility index (Phi) is 4.31. The van der Waals surface area contributed by atoms with Crippen molar-refractivity contribution in [1.82, 2.24) is 0 Å². The third kappa shape index (κ3) is 2.85. The summed E-state index contributed by atoms with van der Waals surface area (Å²) >= 11 is 5.44. The van der Waals surface area contributed by atoms with Gasteiger partial charge in [0.15, 0.2) is 0 Å². The van der Waals surface area contributed by atoms with Crippen molar-refractivity contribution in [3.05, 3.63) is 46.7 Å². The lowest BCUT2D eigenvalue weighted by atomic mass is 10.1. The Balaban J connectivity index is 1.96. The molecule has 3 heterocycles. The zero-order valence-corrected chi connectivity index (χ0v) is 13.3. The number of rotatable bonds is 5. The highest BCUT2D eigenvalue weighted by atomic mass is 32.1. The Hall–Kier alpha value is -1.41. The first-order chi connectivity index (χ1) is 9.88. The van der Waals surface area contributed by atoms with Gasteiger partial charge >= 0.3 is 0 Å². The highest BCUT2D eigenvalue weighted by Crippen LogP contribution is 2.41. The van der Waals surface area contributed by atoms with Crippen LogP contribution in [-0.4, -0.2) is 0 Å². The standard InChI is InChI=1S/C16H13NS3/c17-8-2-1-5-12-11-15(13-6-3-9-18-13)20-16(12)14-7-4-10-19-14/h3-4,6-7,9-11H,1-2,5H2. The number of hydrogen-bond acceptors (Lipinski definition) is 4. The predicted molar refractivity (Wildman–Crippen MR) is 89.5 cm³/mol. The molecule has 0 bridgehead atoms. The van der Waals surface area contributed by atoms with Crippen LogP contribution in [-0.2, 0) is 6.42 Å². The van der Waals surface area contributed by atoms with Crippen LogP contribution in [0, 0.1) is 11.3 Å². The fourth-order valence-corrected chi connectivity index (χ4v) is 5.05. The average Bonchev–Trinajstić information content (AvgIpc) is 3.20. The molecule has 4 heteroatoms. The van der Waals surface area contributed by atoms with E-state index in [0.29, 0.717) is 6.42 Å². The summed E-state index contributed by atoms with van der Waals surface area (Å²) in [6.07, 6.45) is 2.56. The molecule has 0 spiro atoms. The maximum absolute atomic E-state index is 8.71. The van der Waals surface area contributed by atoms with Gasteiger partial charge in [0.2, 0.25) is 0 Å². The second-order valence-corrected chi connectivity index (χ2v) is 7.38. The molecule has 0 amide bonds. The van der Waals surface area contributed by atoms with Crippen molar-refractivity contribution in [2.75, 3.05) is 0 Å². The van der Waals surface area contributed by atoms with Crippen LogP contribution in [0.4, 0.5) is 0 Å². The number of nitrogens with zero attached hydrogens (tertiary/aromatic N) is 1. The van der Waals surface area contributed by atoms with Gasteiger partial charge in [0.25, 0.3) is 0 Å². The van der Waals surface area contributed by atoms with Gasteiger partial charge in [-0.2, -0.15) is 5.26 Å². The van der Waals surface area contributed by atoms with Crippen molar-refractivity contribution in [1.29, 1.82) is 5.26 Å². The molecule has 100 valence electrons. The summed E-state index contributed by atoms with van der Waals surface area (Å²) in [5.41, 5.74) is 1.39. The molecule has 3 aromatic heterocycles. The molecule has 0 atom stereocenters. The zero-order valence-electron chi connectivity index (χ0n) is 10.8. The van der Waals surface area contributed by atoms with E-state index in [4.69, 9.17) is 5.26 Å². The lowest BCUT2D eigenvalue weighted by Crippen LogP contribution is -1.83. The van der Waals surface area contributed by atoms with Crippen molar-refractivity contribution < 1.29 is 0 Å². The lowest BCUT2D eigenvalue weighted by molar-refractivity contribution is 0.855. The molecule has 0 radical (unpaired) electrons. The molecular weight excluding hydrogens is 302 g/mol. The number of nitriles is 1. The minimum atomic E-state index is 0.633. The van der Waals surface area contributed by atoms with Crippen molar-refractivity contribution in [3.63, 3.8) is 0 Å². The maximum atomic E-state index is 8.71. The second-order valence-electron chi connectivity index (χ2n) is 4.43. The first-order valence-corrected chi connectivity index (χ1v) is 9.03. The van der Waals surface area contributed by atoms with Crippen molar-refractivity contribution >= 4 is 34.0 Å². The summed E-state index contributed by atoms with van der Waals surface area (Å²) in [7, 11) is 0. The summed E-state index contributed by atoms with van der Waals surface area (Å²) in [5.74, 6) is 0. The number of thiophene rings is 3. The van der Waals surface area contributed by atoms with Crippen LogP contribution >= 0.6 is 34.0 Å². The van der Waals surface area contributed by atoms with Gasteiger partial charge in [-0.3, -0.25) is 0 Å². The molecule has 0 unspecified atom stereocenters. The minimum absolute atomic E-state index is 0.633. The molecule has 3 rings (SSSR count). The van der Waals surface area contributed by atoms with E-state index >= 15 is 0 Å². The van der Waals surface area contributed by atoms with E-state index in [1.807, 2.05) is 11.3 Å². The first kappa shape index (κ1) is 13.6. The van der Waals surface area contributed by atoms with Gasteiger partial charge < -0.3 is 0 Å².